The largest absolute Gasteiger partial charge is 0.484 e. The number of amides is 1. The number of aryl methyl sites for hydroxylation is 1. The Hall–Kier alpha value is -2.53. The summed E-state index contributed by atoms with van der Waals surface area (Å²) in [6.07, 6.45) is 0. The lowest BCUT2D eigenvalue weighted by Gasteiger charge is -2.10. The zero-order chi connectivity index (χ0) is 15.2. The van der Waals surface area contributed by atoms with Crippen molar-refractivity contribution in [2.24, 2.45) is 0 Å². The van der Waals surface area contributed by atoms with Crippen molar-refractivity contribution in [2.45, 2.75) is 13.5 Å². The number of carbonyl (C=O) groups excluding carboxylic acids is 1. The Bertz CT molecular complexity index is 624. The van der Waals surface area contributed by atoms with Gasteiger partial charge in [0, 0.05) is 11.4 Å². The molecular formula is C16H18N2O3. The van der Waals surface area contributed by atoms with E-state index in [1.165, 1.54) is 0 Å². The molecular weight excluding hydrogens is 268 g/mol. The maximum absolute atomic E-state index is 11.9. The van der Waals surface area contributed by atoms with Crippen LogP contribution in [0.1, 0.15) is 11.1 Å². The third kappa shape index (κ3) is 4.22. The molecule has 0 spiro atoms. The smallest absolute Gasteiger partial charge is 0.262 e. The molecule has 0 aliphatic heterocycles. The summed E-state index contributed by atoms with van der Waals surface area (Å²) >= 11 is 0. The molecule has 110 valence electrons. The first-order valence-electron chi connectivity index (χ1n) is 6.57. The van der Waals surface area contributed by atoms with E-state index in [1.54, 1.807) is 36.4 Å². The highest BCUT2D eigenvalue weighted by molar-refractivity contribution is 5.93. The van der Waals surface area contributed by atoms with E-state index in [1.807, 2.05) is 13.0 Å². The molecule has 21 heavy (non-hydrogen) atoms. The topological polar surface area (TPSA) is 84.6 Å². The van der Waals surface area contributed by atoms with Gasteiger partial charge in [0.1, 0.15) is 5.75 Å². The quantitative estimate of drug-likeness (QED) is 0.735. The summed E-state index contributed by atoms with van der Waals surface area (Å²) < 4.78 is 5.38. The Kier molecular flexibility index (Phi) is 4.79. The number of anilines is 2. The second-order valence-corrected chi connectivity index (χ2v) is 4.71. The van der Waals surface area contributed by atoms with E-state index in [9.17, 15) is 4.79 Å². The zero-order valence-corrected chi connectivity index (χ0v) is 11.8. The molecule has 0 saturated heterocycles. The van der Waals surface area contributed by atoms with Crippen LogP contribution in [-0.4, -0.2) is 17.6 Å². The monoisotopic (exact) mass is 286 g/mol. The summed E-state index contributed by atoms with van der Waals surface area (Å²) in [5.41, 5.74) is 8.70. The Balaban J connectivity index is 1.91. The van der Waals surface area contributed by atoms with Crippen LogP contribution in [0.15, 0.2) is 42.5 Å². The summed E-state index contributed by atoms with van der Waals surface area (Å²) in [7, 11) is 0. The van der Waals surface area contributed by atoms with Gasteiger partial charge in [0.2, 0.25) is 0 Å². The number of carbonyl (C=O) groups is 1. The number of nitrogens with one attached hydrogen (secondary N) is 1. The van der Waals surface area contributed by atoms with E-state index in [-0.39, 0.29) is 19.1 Å². The molecule has 0 heterocycles. The second kappa shape index (κ2) is 6.76. The molecule has 2 aromatic rings. The average Bonchev–Trinajstić information content (AvgIpc) is 2.49. The third-order valence-corrected chi connectivity index (χ3v) is 3.01. The molecule has 0 atom stereocenters. The van der Waals surface area contributed by atoms with E-state index >= 15 is 0 Å². The molecule has 0 aliphatic carbocycles. The number of hydrogen-bond donors (Lipinski definition) is 3. The van der Waals surface area contributed by atoms with Crippen LogP contribution in [0.25, 0.3) is 0 Å². The summed E-state index contributed by atoms with van der Waals surface area (Å²) in [5.74, 6) is 0.321. The van der Waals surface area contributed by atoms with E-state index in [4.69, 9.17) is 15.6 Å². The lowest BCUT2D eigenvalue weighted by atomic mass is 10.2. The van der Waals surface area contributed by atoms with Crippen molar-refractivity contribution in [1.29, 1.82) is 0 Å². The number of aliphatic hydroxyl groups is 1. The van der Waals surface area contributed by atoms with Gasteiger partial charge in [-0.25, -0.2) is 0 Å². The highest BCUT2D eigenvalue weighted by atomic mass is 16.5. The fraction of sp³-hybridized carbons (Fsp3) is 0.188. The van der Waals surface area contributed by atoms with Gasteiger partial charge >= 0.3 is 0 Å². The van der Waals surface area contributed by atoms with Gasteiger partial charge in [-0.05, 0) is 42.3 Å². The fourth-order valence-corrected chi connectivity index (χ4v) is 1.80. The molecule has 0 radical (unpaired) electrons. The molecule has 5 heteroatoms. The van der Waals surface area contributed by atoms with Crippen LogP contribution < -0.4 is 15.8 Å². The first kappa shape index (κ1) is 14.9. The number of ether oxygens (including phenoxy) is 1. The van der Waals surface area contributed by atoms with Crippen molar-refractivity contribution in [3.63, 3.8) is 0 Å². The van der Waals surface area contributed by atoms with Crippen LogP contribution in [0.2, 0.25) is 0 Å². The van der Waals surface area contributed by atoms with Gasteiger partial charge in [-0.3, -0.25) is 4.79 Å². The molecule has 4 N–H and O–H groups in total. The van der Waals surface area contributed by atoms with Gasteiger partial charge < -0.3 is 20.9 Å². The predicted octanol–water partition coefficient (Wildman–Crippen LogP) is 2.09. The van der Waals surface area contributed by atoms with Crippen molar-refractivity contribution in [3.8, 4) is 5.75 Å². The van der Waals surface area contributed by atoms with E-state index in [2.05, 4.69) is 5.32 Å². The van der Waals surface area contributed by atoms with Crippen LogP contribution in [-0.2, 0) is 11.4 Å². The lowest BCUT2D eigenvalue weighted by Crippen LogP contribution is -2.20. The average molecular weight is 286 g/mol. The number of nitrogen functional groups attached to an aromatic ring is 1. The highest BCUT2D eigenvalue weighted by Gasteiger charge is 2.06. The van der Waals surface area contributed by atoms with Crippen LogP contribution >= 0.6 is 0 Å². The van der Waals surface area contributed by atoms with Gasteiger partial charge in [0.05, 0.1) is 6.61 Å². The van der Waals surface area contributed by atoms with Gasteiger partial charge in [-0.15, -0.1) is 0 Å². The standard InChI is InChI=1S/C16H18N2O3/c1-11-2-5-13(17)8-15(11)18-16(20)10-21-14-6-3-12(9-19)4-7-14/h2-8,19H,9-10,17H2,1H3,(H,18,20). The van der Waals surface area contributed by atoms with Crippen LogP contribution in [0.5, 0.6) is 5.75 Å². The molecule has 0 aliphatic rings. The van der Waals surface area contributed by atoms with Crippen LogP contribution in [0, 0.1) is 6.92 Å². The summed E-state index contributed by atoms with van der Waals surface area (Å²) in [6.45, 7) is 1.78. The van der Waals surface area contributed by atoms with Gasteiger partial charge in [0.25, 0.3) is 5.91 Å². The van der Waals surface area contributed by atoms with Crippen LogP contribution in [0.4, 0.5) is 11.4 Å². The van der Waals surface area contributed by atoms with Crippen molar-refractivity contribution in [3.05, 3.63) is 53.6 Å². The molecule has 0 aromatic heterocycles. The van der Waals surface area contributed by atoms with Crippen molar-refractivity contribution in [2.75, 3.05) is 17.7 Å². The van der Waals surface area contributed by atoms with Crippen molar-refractivity contribution < 1.29 is 14.6 Å². The summed E-state index contributed by atoms with van der Waals surface area (Å²) in [4.78, 5) is 11.9. The number of aliphatic hydroxyl groups excluding tert-OH is 1. The number of nitrogens with two attached hydrogens (primary N) is 1. The molecule has 2 rings (SSSR count). The van der Waals surface area contributed by atoms with Gasteiger partial charge in [-0.1, -0.05) is 18.2 Å². The number of hydrogen-bond acceptors (Lipinski definition) is 4. The Labute approximate surface area is 123 Å². The number of rotatable bonds is 5. The molecule has 2 aromatic carbocycles. The third-order valence-electron chi connectivity index (χ3n) is 3.01. The highest BCUT2D eigenvalue weighted by Crippen LogP contribution is 2.18. The minimum absolute atomic E-state index is 0.0184. The molecule has 0 unspecified atom stereocenters. The van der Waals surface area contributed by atoms with Crippen molar-refractivity contribution >= 4 is 17.3 Å². The Morgan fingerprint density at radius 3 is 2.62 bits per heavy atom. The molecule has 0 fully saturated rings. The summed E-state index contributed by atoms with van der Waals surface area (Å²) in [5, 5.41) is 11.7. The maximum Gasteiger partial charge on any atom is 0.262 e. The molecule has 1 amide bonds. The summed E-state index contributed by atoms with van der Waals surface area (Å²) in [6, 6.07) is 12.3. The Morgan fingerprint density at radius 2 is 1.95 bits per heavy atom. The van der Waals surface area contributed by atoms with Gasteiger partial charge in [-0.2, -0.15) is 0 Å². The zero-order valence-electron chi connectivity index (χ0n) is 11.8. The molecule has 5 nitrogen and oxygen atoms in total. The van der Waals surface area contributed by atoms with E-state index in [0.29, 0.717) is 17.1 Å². The van der Waals surface area contributed by atoms with Crippen molar-refractivity contribution in [1.82, 2.24) is 0 Å². The van der Waals surface area contributed by atoms with Gasteiger partial charge in [0.15, 0.2) is 6.61 Å². The fourth-order valence-electron chi connectivity index (χ4n) is 1.80. The van der Waals surface area contributed by atoms with E-state index in [0.717, 1.165) is 11.1 Å². The molecule has 0 bridgehead atoms. The van der Waals surface area contributed by atoms with Crippen LogP contribution in [0.3, 0.4) is 0 Å². The second-order valence-electron chi connectivity index (χ2n) is 4.71. The SMILES string of the molecule is Cc1ccc(N)cc1NC(=O)COc1ccc(CO)cc1. The minimum atomic E-state index is -0.255. The maximum atomic E-state index is 11.9. The molecule has 0 saturated carbocycles. The minimum Gasteiger partial charge on any atom is -0.484 e. The lowest BCUT2D eigenvalue weighted by molar-refractivity contribution is -0.118. The predicted molar refractivity (Wildman–Crippen MR) is 82.1 cm³/mol. The number of benzene rings is 2. The first-order valence-corrected chi connectivity index (χ1v) is 6.57. The first-order chi connectivity index (χ1) is 10.1. The normalized spacial score (nSPS) is 10.2. The Morgan fingerprint density at radius 1 is 1.24 bits per heavy atom. The van der Waals surface area contributed by atoms with E-state index < -0.39 is 0 Å².